The van der Waals surface area contributed by atoms with Gasteiger partial charge in [0.1, 0.15) is 11.8 Å². The second kappa shape index (κ2) is 12.1. The first-order valence-corrected chi connectivity index (χ1v) is 11.6. The van der Waals surface area contributed by atoms with Crippen molar-refractivity contribution in [2.45, 2.75) is 60.0 Å². The van der Waals surface area contributed by atoms with E-state index in [0.717, 1.165) is 29.5 Å². The third-order valence-corrected chi connectivity index (χ3v) is 6.21. The predicted octanol–water partition coefficient (Wildman–Crippen LogP) is 5.63. The van der Waals surface area contributed by atoms with E-state index < -0.39 is 6.04 Å². The highest BCUT2D eigenvalue weighted by atomic mass is 35.5. The molecule has 0 saturated heterocycles. The molecule has 0 radical (unpaired) electrons. The van der Waals surface area contributed by atoms with Crippen LogP contribution in [0.25, 0.3) is 0 Å². The first-order chi connectivity index (χ1) is 15.1. The number of benzene rings is 2. The Hall–Kier alpha value is -2.24. The fourth-order valence-electron chi connectivity index (χ4n) is 3.35. The SMILES string of the molecule is CCCCNC(=O)[C@@H](C)N(Cc1c(Cl)cccc1Cl)C(=O)COc1cc(C)cc(C)c1C. The number of halogens is 2. The van der Waals surface area contributed by atoms with Gasteiger partial charge in [0.25, 0.3) is 5.91 Å². The van der Waals surface area contributed by atoms with E-state index in [4.69, 9.17) is 27.9 Å². The second-order valence-electron chi connectivity index (χ2n) is 8.04. The molecule has 0 spiro atoms. The van der Waals surface area contributed by atoms with Gasteiger partial charge in [0.2, 0.25) is 5.91 Å². The molecule has 5 nitrogen and oxygen atoms in total. The molecule has 0 heterocycles. The summed E-state index contributed by atoms with van der Waals surface area (Å²) in [5, 5.41) is 3.78. The van der Waals surface area contributed by atoms with Crippen molar-refractivity contribution in [3.63, 3.8) is 0 Å². The largest absolute Gasteiger partial charge is 0.483 e. The molecule has 2 aromatic carbocycles. The van der Waals surface area contributed by atoms with E-state index in [9.17, 15) is 9.59 Å². The molecule has 7 heteroatoms. The molecular formula is C25H32Cl2N2O3. The van der Waals surface area contributed by atoms with Gasteiger partial charge in [0.05, 0.1) is 0 Å². The maximum atomic E-state index is 13.2. The van der Waals surface area contributed by atoms with Crippen molar-refractivity contribution in [3.8, 4) is 5.75 Å². The van der Waals surface area contributed by atoms with Crippen LogP contribution in [0, 0.1) is 20.8 Å². The van der Waals surface area contributed by atoms with Crippen LogP contribution >= 0.6 is 23.2 Å². The van der Waals surface area contributed by atoms with E-state index in [1.807, 2.05) is 26.8 Å². The van der Waals surface area contributed by atoms with Gasteiger partial charge in [-0.1, -0.05) is 48.7 Å². The molecule has 32 heavy (non-hydrogen) atoms. The lowest BCUT2D eigenvalue weighted by Gasteiger charge is -2.29. The van der Waals surface area contributed by atoms with E-state index in [2.05, 4.69) is 18.3 Å². The Balaban J connectivity index is 2.24. The number of carbonyl (C=O) groups is 2. The average Bonchev–Trinajstić information content (AvgIpc) is 2.74. The van der Waals surface area contributed by atoms with Crippen molar-refractivity contribution < 1.29 is 14.3 Å². The number of nitrogens with zero attached hydrogens (tertiary/aromatic N) is 1. The lowest BCUT2D eigenvalue weighted by atomic mass is 10.1. The van der Waals surface area contributed by atoms with Gasteiger partial charge >= 0.3 is 0 Å². The second-order valence-corrected chi connectivity index (χ2v) is 8.85. The van der Waals surface area contributed by atoms with Gasteiger partial charge in [-0.05, 0) is 69.0 Å². The molecule has 2 rings (SSSR count). The summed E-state index contributed by atoms with van der Waals surface area (Å²) < 4.78 is 5.88. The molecule has 174 valence electrons. The Morgan fingerprint density at radius 1 is 1.12 bits per heavy atom. The Bertz CT molecular complexity index is 942. The van der Waals surface area contributed by atoms with Crippen LogP contribution in [0.2, 0.25) is 10.0 Å². The van der Waals surface area contributed by atoms with Gasteiger partial charge in [-0.3, -0.25) is 9.59 Å². The summed E-state index contributed by atoms with van der Waals surface area (Å²) in [6.07, 6.45) is 1.84. The van der Waals surface area contributed by atoms with Crippen LogP contribution in [0.4, 0.5) is 0 Å². The van der Waals surface area contributed by atoms with Gasteiger partial charge in [0, 0.05) is 28.7 Å². The van der Waals surface area contributed by atoms with E-state index >= 15 is 0 Å². The minimum Gasteiger partial charge on any atom is -0.483 e. The molecular weight excluding hydrogens is 447 g/mol. The monoisotopic (exact) mass is 478 g/mol. The zero-order chi connectivity index (χ0) is 23.8. The van der Waals surface area contributed by atoms with E-state index in [1.54, 1.807) is 25.1 Å². The maximum Gasteiger partial charge on any atom is 0.261 e. The quantitative estimate of drug-likeness (QED) is 0.450. The minimum absolute atomic E-state index is 0.106. The number of hydrogen-bond acceptors (Lipinski definition) is 3. The molecule has 2 aromatic rings. The Kier molecular flexibility index (Phi) is 9.85. The van der Waals surface area contributed by atoms with Crippen molar-refractivity contribution in [3.05, 3.63) is 62.6 Å². The summed E-state index contributed by atoms with van der Waals surface area (Å²) in [5.41, 5.74) is 3.73. The number of aryl methyl sites for hydroxylation is 2. The van der Waals surface area contributed by atoms with Crippen molar-refractivity contribution >= 4 is 35.0 Å². The third kappa shape index (κ3) is 6.88. The number of rotatable bonds is 10. The summed E-state index contributed by atoms with van der Waals surface area (Å²) in [6.45, 7) is 10.2. The highest BCUT2D eigenvalue weighted by Gasteiger charge is 2.28. The standard InChI is InChI=1S/C25H32Cl2N2O3/c1-6-7-11-28-25(31)19(5)29(14-20-21(26)9-8-10-22(20)27)24(30)15-32-23-13-16(2)12-17(3)18(23)4/h8-10,12-13,19H,6-7,11,14-15H2,1-5H3,(H,28,31)/t19-/m1/s1. The summed E-state index contributed by atoms with van der Waals surface area (Å²) in [4.78, 5) is 27.4. The Labute approximate surface area is 201 Å². The van der Waals surface area contributed by atoms with Gasteiger partial charge < -0.3 is 15.0 Å². The first kappa shape index (κ1) is 26.0. The van der Waals surface area contributed by atoms with Gasteiger partial charge in [0.15, 0.2) is 6.61 Å². The summed E-state index contributed by atoms with van der Waals surface area (Å²) >= 11 is 12.7. The fraction of sp³-hybridized carbons (Fsp3) is 0.440. The molecule has 0 aliphatic rings. The van der Waals surface area contributed by atoms with E-state index in [1.165, 1.54) is 4.90 Å². The molecule has 0 saturated carbocycles. The first-order valence-electron chi connectivity index (χ1n) is 10.9. The molecule has 0 bridgehead atoms. The van der Waals surface area contributed by atoms with E-state index in [0.29, 0.717) is 27.9 Å². The average molecular weight is 479 g/mol. The molecule has 0 aromatic heterocycles. The summed E-state index contributed by atoms with van der Waals surface area (Å²) in [6, 6.07) is 8.44. The summed E-state index contributed by atoms with van der Waals surface area (Å²) in [5.74, 6) is 0.113. The highest BCUT2D eigenvalue weighted by molar-refractivity contribution is 6.36. The fourth-order valence-corrected chi connectivity index (χ4v) is 3.86. The van der Waals surface area contributed by atoms with Gasteiger partial charge in [-0.25, -0.2) is 0 Å². The van der Waals surface area contributed by atoms with Crippen LogP contribution in [0.5, 0.6) is 5.75 Å². The number of ether oxygens (including phenoxy) is 1. The number of hydrogen-bond donors (Lipinski definition) is 1. The minimum atomic E-state index is -0.712. The van der Waals surface area contributed by atoms with Crippen molar-refractivity contribution in [1.82, 2.24) is 10.2 Å². The maximum absolute atomic E-state index is 13.2. The molecule has 0 unspecified atom stereocenters. The lowest BCUT2D eigenvalue weighted by Crippen LogP contribution is -2.49. The smallest absolute Gasteiger partial charge is 0.261 e. The topological polar surface area (TPSA) is 58.6 Å². The van der Waals surface area contributed by atoms with Crippen LogP contribution in [0.15, 0.2) is 30.3 Å². The molecule has 2 amide bonds. The third-order valence-electron chi connectivity index (χ3n) is 5.50. The molecule has 0 aliphatic heterocycles. The predicted molar refractivity (Wildman–Crippen MR) is 131 cm³/mol. The molecule has 0 aliphatic carbocycles. The van der Waals surface area contributed by atoms with Crippen molar-refractivity contribution in [2.75, 3.05) is 13.2 Å². The summed E-state index contributed by atoms with van der Waals surface area (Å²) in [7, 11) is 0. The van der Waals surface area contributed by atoms with E-state index in [-0.39, 0.29) is 25.0 Å². The van der Waals surface area contributed by atoms with Crippen LogP contribution < -0.4 is 10.1 Å². The van der Waals surface area contributed by atoms with Crippen LogP contribution in [-0.4, -0.2) is 35.9 Å². The molecule has 1 atom stereocenters. The normalized spacial score (nSPS) is 11.7. The van der Waals surface area contributed by atoms with Gasteiger partial charge in [-0.15, -0.1) is 0 Å². The zero-order valence-corrected chi connectivity index (χ0v) is 20.9. The molecule has 1 N–H and O–H groups in total. The van der Waals surface area contributed by atoms with Crippen LogP contribution in [0.3, 0.4) is 0 Å². The highest BCUT2D eigenvalue weighted by Crippen LogP contribution is 2.27. The Morgan fingerprint density at radius 2 is 1.78 bits per heavy atom. The number of unbranched alkanes of at least 4 members (excludes halogenated alkanes) is 1. The lowest BCUT2D eigenvalue weighted by molar-refractivity contribution is -0.142. The van der Waals surface area contributed by atoms with Crippen LogP contribution in [0.1, 0.15) is 48.9 Å². The molecule has 0 fully saturated rings. The number of amides is 2. The van der Waals surface area contributed by atoms with Gasteiger partial charge in [-0.2, -0.15) is 0 Å². The number of carbonyl (C=O) groups excluding carboxylic acids is 2. The van der Waals surface area contributed by atoms with Crippen LogP contribution in [-0.2, 0) is 16.1 Å². The number of nitrogens with one attached hydrogen (secondary N) is 1. The van der Waals surface area contributed by atoms with Crippen molar-refractivity contribution in [1.29, 1.82) is 0 Å². The van der Waals surface area contributed by atoms with Crippen molar-refractivity contribution in [2.24, 2.45) is 0 Å². The Morgan fingerprint density at radius 3 is 2.41 bits per heavy atom. The zero-order valence-electron chi connectivity index (χ0n) is 19.4.